The Balaban J connectivity index is 1.90. The molecular formula is C15H16F3N3O2. The maximum Gasteiger partial charge on any atom is 0.573 e. The number of hydrogen-bond donors (Lipinski definition) is 1. The van der Waals surface area contributed by atoms with Crippen molar-refractivity contribution in [2.24, 2.45) is 0 Å². The highest BCUT2D eigenvalue weighted by Crippen LogP contribution is 2.24. The lowest BCUT2D eigenvalue weighted by molar-refractivity contribution is -0.274. The van der Waals surface area contributed by atoms with Crippen molar-refractivity contribution >= 4 is 11.6 Å². The Kier molecular flexibility index (Phi) is 4.92. The highest BCUT2D eigenvalue weighted by Gasteiger charge is 2.30. The third kappa shape index (κ3) is 5.32. The summed E-state index contributed by atoms with van der Waals surface area (Å²) in [6.07, 6.45) is -2.75. The zero-order valence-electron chi connectivity index (χ0n) is 12.6. The molecule has 5 nitrogen and oxygen atoms in total. The summed E-state index contributed by atoms with van der Waals surface area (Å²) in [5.41, 5.74) is 1.26. The SMILES string of the molecule is Cc1ccn([C@H](C)CC(=O)Nc2ccc(OC(F)(F)F)cc2)n1. The number of ether oxygens (including phenoxy) is 1. The first-order valence-electron chi connectivity index (χ1n) is 6.90. The number of rotatable bonds is 5. The number of carbonyl (C=O) groups excluding carboxylic acids is 1. The number of nitrogens with one attached hydrogen (secondary N) is 1. The molecule has 0 bridgehead atoms. The van der Waals surface area contributed by atoms with Gasteiger partial charge in [-0.1, -0.05) is 0 Å². The molecule has 23 heavy (non-hydrogen) atoms. The second kappa shape index (κ2) is 6.72. The van der Waals surface area contributed by atoms with Crippen LogP contribution in [0.5, 0.6) is 5.75 Å². The van der Waals surface area contributed by atoms with E-state index in [0.717, 1.165) is 17.8 Å². The number of nitrogens with zero attached hydrogens (tertiary/aromatic N) is 2. The summed E-state index contributed by atoms with van der Waals surface area (Å²) in [7, 11) is 0. The summed E-state index contributed by atoms with van der Waals surface area (Å²) in [6.45, 7) is 3.71. The molecule has 0 aliphatic carbocycles. The van der Waals surface area contributed by atoms with Gasteiger partial charge in [-0.25, -0.2) is 0 Å². The maximum absolute atomic E-state index is 12.1. The lowest BCUT2D eigenvalue weighted by atomic mass is 10.2. The first-order valence-corrected chi connectivity index (χ1v) is 6.90. The number of halogens is 3. The fourth-order valence-corrected chi connectivity index (χ4v) is 1.99. The highest BCUT2D eigenvalue weighted by atomic mass is 19.4. The average Bonchev–Trinajstić information content (AvgIpc) is 2.86. The van der Waals surface area contributed by atoms with Gasteiger partial charge in [-0.05, 0) is 44.2 Å². The van der Waals surface area contributed by atoms with Crippen LogP contribution in [0.15, 0.2) is 36.5 Å². The van der Waals surface area contributed by atoms with Crippen LogP contribution in [-0.2, 0) is 4.79 Å². The molecule has 0 unspecified atom stereocenters. The Hall–Kier alpha value is -2.51. The summed E-state index contributed by atoms with van der Waals surface area (Å²) in [4.78, 5) is 12.0. The standard InChI is InChI=1S/C15H16F3N3O2/c1-10-7-8-21(20-10)11(2)9-14(22)19-12-3-5-13(6-4-12)23-15(16,17)18/h3-8,11H,9H2,1-2H3,(H,19,22)/t11-/m1/s1. The van der Waals surface area contributed by atoms with Crippen LogP contribution in [0, 0.1) is 6.92 Å². The van der Waals surface area contributed by atoms with E-state index in [0.29, 0.717) is 5.69 Å². The number of aromatic nitrogens is 2. The Morgan fingerprint density at radius 1 is 1.30 bits per heavy atom. The van der Waals surface area contributed by atoms with E-state index in [1.165, 1.54) is 12.1 Å². The van der Waals surface area contributed by atoms with Gasteiger partial charge in [0, 0.05) is 18.3 Å². The third-order valence-corrected chi connectivity index (χ3v) is 3.05. The van der Waals surface area contributed by atoms with E-state index >= 15 is 0 Å². The fourth-order valence-electron chi connectivity index (χ4n) is 1.99. The van der Waals surface area contributed by atoms with Crippen LogP contribution in [0.3, 0.4) is 0 Å². The molecule has 0 saturated heterocycles. The van der Waals surface area contributed by atoms with Crippen molar-refractivity contribution in [1.82, 2.24) is 9.78 Å². The minimum absolute atomic E-state index is 0.128. The molecule has 8 heteroatoms. The molecule has 0 fully saturated rings. The molecule has 1 aromatic carbocycles. The summed E-state index contributed by atoms with van der Waals surface area (Å²) >= 11 is 0. The van der Waals surface area contributed by atoms with Crippen LogP contribution >= 0.6 is 0 Å². The molecule has 2 aromatic rings. The molecule has 1 aromatic heterocycles. The zero-order valence-corrected chi connectivity index (χ0v) is 12.6. The van der Waals surface area contributed by atoms with Gasteiger partial charge in [-0.3, -0.25) is 9.48 Å². The largest absolute Gasteiger partial charge is 0.573 e. The summed E-state index contributed by atoms with van der Waals surface area (Å²) < 4.78 is 41.6. The Labute approximate surface area is 131 Å². The molecule has 124 valence electrons. The van der Waals surface area contributed by atoms with E-state index in [4.69, 9.17) is 0 Å². The van der Waals surface area contributed by atoms with E-state index in [-0.39, 0.29) is 24.1 Å². The third-order valence-electron chi connectivity index (χ3n) is 3.05. The normalized spacial score (nSPS) is 12.7. The van der Waals surface area contributed by atoms with Gasteiger partial charge < -0.3 is 10.1 Å². The van der Waals surface area contributed by atoms with Crippen LogP contribution < -0.4 is 10.1 Å². The molecule has 1 amide bonds. The quantitative estimate of drug-likeness (QED) is 0.911. The van der Waals surface area contributed by atoms with Gasteiger partial charge in [0.25, 0.3) is 0 Å². The van der Waals surface area contributed by atoms with E-state index in [1.54, 1.807) is 10.9 Å². The Morgan fingerprint density at radius 2 is 1.96 bits per heavy atom. The van der Waals surface area contributed by atoms with Crippen molar-refractivity contribution in [3.8, 4) is 5.75 Å². The van der Waals surface area contributed by atoms with Crippen molar-refractivity contribution in [2.75, 3.05) is 5.32 Å². The summed E-state index contributed by atoms with van der Waals surface area (Å²) in [5, 5.41) is 6.85. The van der Waals surface area contributed by atoms with Gasteiger partial charge in [-0.15, -0.1) is 13.2 Å². The topological polar surface area (TPSA) is 56.2 Å². The average molecular weight is 327 g/mol. The number of carbonyl (C=O) groups is 1. The van der Waals surface area contributed by atoms with E-state index in [2.05, 4.69) is 15.2 Å². The smallest absolute Gasteiger partial charge is 0.406 e. The number of amides is 1. The van der Waals surface area contributed by atoms with Crippen LogP contribution in [0.2, 0.25) is 0 Å². The molecule has 0 spiro atoms. The molecule has 1 heterocycles. The van der Waals surface area contributed by atoms with E-state index in [9.17, 15) is 18.0 Å². The number of benzene rings is 1. The predicted octanol–water partition coefficient (Wildman–Crippen LogP) is 3.68. The number of aryl methyl sites for hydroxylation is 1. The van der Waals surface area contributed by atoms with Gasteiger partial charge in [0.1, 0.15) is 5.75 Å². The van der Waals surface area contributed by atoms with Gasteiger partial charge in [0.15, 0.2) is 0 Å². The number of alkyl halides is 3. The monoisotopic (exact) mass is 327 g/mol. The van der Waals surface area contributed by atoms with Crippen LogP contribution in [0.4, 0.5) is 18.9 Å². The summed E-state index contributed by atoms with van der Waals surface area (Å²) in [6, 6.07) is 6.70. The maximum atomic E-state index is 12.1. The minimum atomic E-state index is -4.73. The molecule has 0 aliphatic rings. The lowest BCUT2D eigenvalue weighted by Gasteiger charge is -2.13. The molecular weight excluding hydrogens is 311 g/mol. The molecule has 0 saturated carbocycles. The van der Waals surface area contributed by atoms with Gasteiger partial charge in [-0.2, -0.15) is 5.10 Å². The Morgan fingerprint density at radius 3 is 2.48 bits per heavy atom. The van der Waals surface area contributed by atoms with Crippen LogP contribution in [-0.4, -0.2) is 22.1 Å². The molecule has 2 rings (SSSR count). The van der Waals surface area contributed by atoms with Crippen molar-refractivity contribution in [1.29, 1.82) is 0 Å². The summed E-state index contributed by atoms with van der Waals surface area (Å²) in [5.74, 6) is -0.592. The van der Waals surface area contributed by atoms with Gasteiger partial charge in [0.05, 0.1) is 11.7 Å². The molecule has 0 aliphatic heterocycles. The van der Waals surface area contributed by atoms with E-state index < -0.39 is 6.36 Å². The number of anilines is 1. The first kappa shape index (κ1) is 16.9. The van der Waals surface area contributed by atoms with Crippen LogP contribution in [0.25, 0.3) is 0 Å². The van der Waals surface area contributed by atoms with Gasteiger partial charge in [0.2, 0.25) is 5.91 Å². The van der Waals surface area contributed by atoms with Crippen molar-refractivity contribution < 1.29 is 22.7 Å². The Bertz CT molecular complexity index is 665. The second-order valence-electron chi connectivity index (χ2n) is 5.11. The first-order chi connectivity index (χ1) is 10.7. The zero-order chi connectivity index (χ0) is 17.0. The van der Waals surface area contributed by atoms with Crippen molar-refractivity contribution in [3.05, 3.63) is 42.2 Å². The molecule has 1 atom stereocenters. The van der Waals surface area contributed by atoms with Gasteiger partial charge >= 0.3 is 6.36 Å². The van der Waals surface area contributed by atoms with Crippen LogP contribution in [0.1, 0.15) is 25.1 Å². The highest BCUT2D eigenvalue weighted by molar-refractivity contribution is 5.90. The predicted molar refractivity (Wildman–Crippen MR) is 78.0 cm³/mol. The van der Waals surface area contributed by atoms with Crippen molar-refractivity contribution in [2.45, 2.75) is 32.7 Å². The molecule has 1 N–H and O–H groups in total. The molecule has 0 radical (unpaired) electrons. The number of hydrogen-bond acceptors (Lipinski definition) is 3. The minimum Gasteiger partial charge on any atom is -0.406 e. The second-order valence-corrected chi connectivity index (χ2v) is 5.11. The lowest BCUT2D eigenvalue weighted by Crippen LogP contribution is -2.18. The fraction of sp³-hybridized carbons (Fsp3) is 0.333. The van der Waals surface area contributed by atoms with E-state index in [1.807, 2.05) is 19.9 Å². The van der Waals surface area contributed by atoms with Crippen molar-refractivity contribution in [3.63, 3.8) is 0 Å².